The van der Waals surface area contributed by atoms with E-state index in [1.54, 1.807) is 13.8 Å². The third-order valence-electron chi connectivity index (χ3n) is 5.32. The number of nitrogens with zero attached hydrogens (tertiary/aromatic N) is 2. The van der Waals surface area contributed by atoms with E-state index in [9.17, 15) is 26.7 Å². The van der Waals surface area contributed by atoms with Crippen LogP contribution in [0.25, 0.3) is 10.9 Å². The van der Waals surface area contributed by atoms with E-state index in [4.69, 9.17) is 4.74 Å². The van der Waals surface area contributed by atoms with E-state index in [0.717, 1.165) is 6.07 Å². The Kier molecular flexibility index (Phi) is 6.20. The number of halogens is 6. The monoisotopic (exact) mass is 538 g/mol. The summed E-state index contributed by atoms with van der Waals surface area (Å²) >= 11 is 2.89. The predicted octanol–water partition coefficient (Wildman–Crippen LogP) is 7.17. The van der Waals surface area contributed by atoms with Crippen LogP contribution < -0.4 is 10.3 Å². The molecular formula is C24H16BrF5N2O2. The third-order valence-corrected chi connectivity index (χ3v) is 5.98. The summed E-state index contributed by atoms with van der Waals surface area (Å²) in [5, 5.41) is 0.0170. The minimum Gasteiger partial charge on any atom is -0.457 e. The van der Waals surface area contributed by atoms with Crippen LogP contribution in [-0.2, 0) is 6.18 Å². The summed E-state index contributed by atoms with van der Waals surface area (Å²) in [6.45, 7) is 3.11. The molecule has 4 rings (SSSR count). The van der Waals surface area contributed by atoms with E-state index >= 15 is 0 Å². The van der Waals surface area contributed by atoms with Crippen LogP contribution in [0.5, 0.6) is 11.5 Å². The van der Waals surface area contributed by atoms with E-state index in [0.29, 0.717) is 5.56 Å². The Labute approximate surface area is 198 Å². The third kappa shape index (κ3) is 4.42. The smallest absolute Gasteiger partial charge is 0.421 e. The molecule has 1 heterocycles. The zero-order valence-electron chi connectivity index (χ0n) is 17.8. The lowest BCUT2D eigenvalue weighted by molar-refractivity contribution is -0.139. The molecule has 0 amide bonds. The molecule has 1 aromatic heterocycles. The number of aryl methyl sites for hydroxylation is 1. The molecule has 0 aliphatic carbocycles. The number of hydrogen-bond donors (Lipinski definition) is 0. The van der Waals surface area contributed by atoms with E-state index in [2.05, 4.69) is 20.9 Å². The first-order valence-electron chi connectivity index (χ1n) is 9.97. The minimum atomic E-state index is -4.68. The van der Waals surface area contributed by atoms with Crippen molar-refractivity contribution >= 4 is 26.8 Å². The summed E-state index contributed by atoms with van der Waals surface area (Å²) < 4.78 is 76.2. The van der Waals surface area contributed by atoms with Gasteiger partial charge in [-0.2, -0.15) is 18.2 Å². The SMILES string of the molecule is Cc1cc(F)c([C@@H](C)n2cnc(=O)c3cc(Oc4cccc(Br)c4C(F)(F)F)ccc32)c(F)c1. The molecule has 0 aliphatic heterocycles. The lowest BCUT2D eigenvalue weighted by atomic mass is 10.0. The number of aromatic nitrogens is 2. The van der Waals surface area contributed by atoms with Crippen molar-refractivity contribution in [3.8, 4) is 11.5 Å². The quantitative estimate of drug-likeness (QED) is 0.259. The van der Waals surface area contributed by atoms with Crippen LogP contribution in [0.4, 0.5) is 22.0 Å². The van der Waals surface area contributed by atoms with Gasteiger partial charge in [0.15, 0.2) is 0 Å². The van der Waals surface area contributed by atoms with Crippen molar-refractivity contribution in [2.45, 2.75) is 26.1 Å². The highest BCUT2D eigenvalue weighted by Crippen LogP contribution is 2.42. The normalized spacial score (nSPS) is 12.7. The fourth-order valence-electron chi connectivity index (χ4n) is 3.77. The summed E-state index contributed by atoms with van der Waals surface area (Å²) in [5.74, 6) is -1.98. The first kappa shape index (κ1) is 23.9. The molecule has 0 unspecified atom stereocenters. The maximum absolute atomic E-state index is 14.5. The summed E-state index contributed by atoms with van der Waals surface area (Å²) in [4.78, 5) is 16.2. The number of ether oxygens (including phenoxy) is 1. The topological polar surface area (TPSA) is 44.1 Å². The maximum atomic E-state index is 14.5. The zero-order chi connectivity index (χ0) is 24.8. The Hall–Kier alpha value is -3.27. The van der Waals surface area contributed by atoms with Crippen LogP contribution in [0.15, 0.2) is 64.1 Å². The molecule has 4 aromatic rings. The molecule has 0 N–H and O–H groups in total. The number of benzene rings is 3. The van der Waals surface area contributed by atoms with Gasteiger partial charge in [-0.1, -0.05) is 22.0 Å². The lowest BCUT2D eigenvalue weighted by Crippen LogP contribution is -2.17. The van der Waals surface area contributed by atoms with Crippen LogP contribution in [0.2, 0.25) is 0 Å². The van der Waals surface area contributed by atoms with Gasteiger partial charge in [0, 0.05) is 10.0 Å². The van der Waals surface area contributed by atoms with Gasteiger partial charge in [0.1, 0.15) is 28.7 Å². The van der Waals surface area contributed by atoms with Gasteiger partial charge in [-0.05, 0) is 61.9 Å². The Morgan fingerprint density at radius 3 is 2.38 bits per heavy atom. The molecule has 10 heteroatoms. The van der Waals surface area contributed by atoms with Gasteiger partial charge in [0.25, 0.3) is 5.56 Å². The van der Waals surface area contributed by atoms with Crippen molar-refractivity contribution in [2.75, 3.05) is 0 Å². The largest absolute Gasteiger partial charge is 0.457 e. The van der Waals surface area contributed by atoms with Gasteiger partial charge in [-0.3, -0.25) is 4.79 Å². The average Bonchev–Trinajstić information content (AvgIpc) is 2.72. The molecule has 34 heavy (non-hydrogen) atoms. The summed E-state index contributed by atoms with van der Waals surface area (Å²) in [5.41, 5.74) is -1.18. The number of fused-ring (bicyclic) bond motifs is 1. The molecule has 0 radical (unpaired) electrons. The maximum Gasteiger partial charge on any atom is 0.421 e. The van der Waals surface area contributed by atoms with Gasteiger partial charge in [0.2, 0.25) is 0 Å². The van der Waals surface area contributed by atoms with Crippen molar-refractivity contribution in [3.05, 3.63) is 98.0 Å². The van der Waals surface area contributed by atoms with Crippen molar-refractivity contribution in [1.29, 1.82) is 0 Å². The van der Waals surface area contributed by atoms with Crippen molar-refractivity contribution in [3.63, 3.8) is 0 Å². The average molecular weight is 539 g/mol. The zero-order valence-corrected chi connectivity index (χ0v) is 19.3. The molecule has 0 saturated heterocycles. The molecule has 0 aliphatic rings. The second-order valence-corrected chi connectivity index (χ2v) is 8.52. The fraction of sp³-hybridized carbons (Fsp3) is 0.167. The fourth-order valence-corrected chi connectivity index (χ4v) is 4.34. The molecule has 4 nitrogen and oxygen atoms in total. The highest BCUT2D eigenvalue weighted by atomic mass is 79.9. The molecule has 3 aromatic carbocycles. The Balaban J connectivity index is 1.80. The van der Waals surface area contributed by atoms with Crippen LogP contribution in [-0.4, -0.2) is 9.55 Å². The number of rotatable bonds is 4. The van der Waals surface area contributed by atoms with Gasteiger partial charge in [0.05, 0.1) is 23.3 Å². The Bertz CT molecular complexity index is 1440. The second-order valence-electron chi connectivity index (χ2n) is 7.67. The van der Waals surface area contributed by atoms with E-state index < -0.39 is 40.7 Å². The molecule has 1 atom stereocenters. The van der Waals surface area contributed by atoms with Gasteiger partial charge in [-0.25, -0.2) is 8.78 Å². The molecule has 176 valence electrons. The van der Waals surface area contributed by atoms with Crippen LogP contribution in [0, 0.1) is 18.6 Å². The number of alkyl halides is 3. The van der Waals surface area contributed by atoms with E-state index in [-0.39, 0.29) is 26.7 Å². The molecule has 0 bridgehead atoms. The first-order valence-corrected chi connectivity index (χ1v) is 10.8. The highest BCUT2D eigenvalue weighted by Gasteiger charge is 2.37. The van der Waals surface area contributed by atoms with Crippen molar-refractivity contribution < 1.29 is 26.7 Å². The molecule has 0 saturated carbocycles. The Morgan fingerprint density at radius 1 is 1.06 bits per heavy atom. The van der Waals surface area contributed by atoms with Crippen molar-refractivity contribution in [2.24, 2.45) is 0 Å². The lowest BCUT2D eigenvalue weighted by Gasteiger charge is -2.20. The van der Waals surface area contributed by atoms with Gasteiger partial charge in [-0.15, -0.1) is 0 Å². The van der Waals surface area contributed by atoms with Gasteiger partial charge < -0.3 is 9.30 Å². The van der Waals surface area contributed by atoms with E-state index in [1.807, 2.05) is 0 Å². The Morgan fingerprint density at radius 2 is 1.74 bits per heavy atom. The summed E-state index contributed by atoms with van der Waals surface area (Å²) in [7, 11) is 0. The summed E-state index contributed by atoms with van der Waals surface area (Å²) in [6, 6.07) is 9.36. The molecule has 0 spiro atoms. The van der Waals surface area contributed by atoms with Crippen molar-refractivity contribution in [1.82, 2.24) is 9.55 Å². The van der Waals surface area contributed by atoms with Crippen LogP contribution >= 0.6 is 15.9 Å². The van der Waals surface area contributed by atoms with Crippen LogP contribution in [0.3, 0.4) is 0 Å². The standard InChI is InChI=1S/C24H16BrF5N2O2/c1-12-8-17(26)21(18(27)9-12)13(2)32-11-31-23(33)15-10-14(6-7-19(15)32)34-20-5-3-4-16(25)22(20)24(28,29)30/h3-11,13H,1-2H3/t13-/m1/s1. The van der Waals surface area contributed by atoms with Crippen LogP contribution in [0.1, 0.15) is 29.7 Å². The van der Waals surface area contributed by atoms with Gasteiger partial charge >= 0.3 is 6.18 Å². The molecule has 0 fully saturated rings. The molecular weight excluding hydrogens is 523 g/mol. The summed E-state index contributed by atoms with van der Waals surface area (Å²) in [6.07, 6.45) is -3.51. The first-order chi connectivity index (χ1) is 16.0. The predicted molar refractivity (Wildman–Crippen MR) is 120 cm³/mol. The minimum absolute atomic E-state index is 0.0170. The number of hydrogen-bond acceptors (Lipinski definition) is 3. The second kappa shape index (κ2) is 8.83. The van der Waals surface area contributed by atoms with E-state index in [1.165, 1.54) is 53.4 Å². The highest BCUT2D eigenvalue weighted by molar-refractivity contribution is 9.10.